The SMILES string of the molecule is CCC(CO)(CNC(C)(C)CN1COCCC(CC)([N+](=O)[O-])C1)[N+](=O)[O-]. The summed E-state index contributed by atoms with van der Waals surface area (Å²) in [7, 11) is 0. The third-order valence-electron chi connectivity index (χ3n) is 5.40. The predicted octanol–water partition coefficient (Wildman–Crippen LogP) is 0.878. The van der Waals surface area contributed by atoms with Gasteiger partial charge in [0.1, 0.15) is 6.61 Å². The highest BCUT2D eigenvalue weighted by atomic mass is 16.6. The van der Waals surface area contributed by atoms with Crippen molar-refractivity contribution >= 4 is 0 Å². The van der Waals surface area contributed by atoms with Gasteiger partial charge in [-0.2, -0.15) is 0 Å². The minimum atomic E-state index is -1.43. The van der Waals surface area contributed by atoms with E-state index in [2.05, 4.69) is 5.32 Å². The second-order valence-electron chi connectivity index (χ2n) is 7.84. The number of rotatable bonds is 10. The van der Waals surface area contributed by atoms with Gasteiger partial charge >= 0.3 is 0 Å². The fourth-order valence-electron chi connectivity index (χ4n) is 3.23. The van der Waals surface area contributed by atoms with Gasteiger partial charge in [0.2, 0.25) is 5.54 Å². The van der Waals surface area contributed by atoms with E-state index >= 15 is 0 Å². The molecule has 1 rings (SSSR count). The second-order valence-corrected chi connectivity index (χ2v) is 7.84. The Balaban J connectivity index is 2.81. The van der Waals surface area contributed by atoms with Gasteiger partial charge in [-0.15, -0.1) is 0 Å². The largest absolute Gasteiger partial charge is 0.389 e. The number of aliphatic hydroxyl groups excluding tert-OH is 1. The molecule has 1 aliphatic heterocycles. The van der Waals surface area contributed by atoms with Crippen LogP contribution < -0.4 is 5.32 Å². The first-order valence-corrected chi connectivity index (χ1v) is 9.01. The zero-order valence-corrected chi connectivity index (χ0v) is 16.2. The summed E-state index contributed by atoms with van der Waals surface area (Å²) in [6, 6.07) is 0. The monoisotopic (exact) mass is 376 g/mol. The minimum absolute atomic E-state index is 0.0167. The minimum Gasteiger partial charge on any atom is -0.389 e. The molecule has 26 heavy (non-hydrogen) atoms. The Kier molecular flexibility index (Phi) is 7.87. The Bertz CT molecular complexity index is 497. The van der Waals surface area contributed by atoms with Gasteiger partial charge in [0, 0.05) is 41.2 Å². The van der Waals surface area contributed by atoms with Crippen LogP contribution in [0.15, 0.2) is 0 Å². The molecule has 2 N–H and O–H groups in total. The predicted molar refractivity (Wildman–Crippen MR) is 96.2 cm³/mol. The molecule has 0 aromatic carbocycles. The maximum atomic E-state index is 11.6. The molecule has 1 aliphatic rings. The van der Waals surface area contributed by atoms with Crippen LogP contribution in [0.5, 0.6) is 0 Å². The fourth-order valence-corrected chi connectivity index (χ4v) is 3.23. The van der Waals surface area contributed by atoms with E-state index in [9.17, 15) is 25.3 Å². The van der Waals surface area contributed by atoms with Gasteiger partial charge in [0.25, 0.3) is 5.54 Å². The average Bonchev–Trinajstić information content (AvgIpc) is 2.78. The van der Waals surface area contributed by atoms with Crippen LogP contribution in [-0.4, -0.2) is 76.0 Å². The van der Waals surface area contributed by atoms with Crippen molar-refractivity contribution in [2.75, 3.05) is 39.6 Å². The number of nitrogens with one attached hydrogen (secondary N) is 1. The van der Waals surface area contributed by atoms with E-state index in [-0.39, 0.29) is 31.2 Å². The lowest BCUT2D eigenvalue weighted by molar-refractivity contribution is -0.572. The summed E-state index contributed by atoms with van der Waals surface area (Å²) >= 11 is 0. The highest BCUT2D eigenvalue weighted by molar-refractivity contribution is 4.91. The summed E-state index contributed by atoms with van der Waals surface area (Å²) in [6.45, 7) is 8.05. The fraction of sp³-hybridized carbons (Fsp3) is 1.00. The van der Waals surface area contributed by atoms with Gasteiger partial charge in [-0.3, -0.25) is 25.1 Å². The van der Waals surface area contributed by atoms with Gasteiger partial charge in [0.05, 0.1) is 26.4 Å². The number of hydrogen-bond acceptors (Lipinski definition) is 8. The lowest BCUT2D eigenvalue weighted by atomic mass is 9.91. The zero-order valence-electron chi connectivity index (χ0n) is 16.2. The second kappa shape index (κ2) is 9.03. The van der Waals surface area contributed by atoms with E-state index in [0.29, 0.717) is 26.0 Å². The molecule has 1 heterocycles. The van der Waals surface area contributed by atoms with Crippen molar-refractivity contribution in [2.24, 2.45) is 0 Å². The molecule has 0 aliphatic carbocycles. The first kappa shape index (κ1) is 22.7. The lowest BCUT2D eigenvalue weighted by Gasteiger charge is -2.36. The molecule has 0 amide bonds. The molecule has 2 atom stereocenters. The van der Waals surface area contributed by atoms with Crippen molar-refractivity contribution in [2.45, 2.75) is 63.6 Å². The van der Waals surface area contributed by atoms with E-state index < -0.39 is 28.1 Å². The molecule has 152 valence electrons. The van der Waals surface area contributed by atoms with E-state index in [0.717, 1.165) is 0 Å². The van der Waals surface area contributed by atoms with Crippen molar-refractivity contribution in [3.63, 3.8) is 0 Å². The molecule has 0 radical (unpaired) electrons. The molecule has 0 saturated carbocycles. The van der Waals surface area contributed by atoms with Gasteiger partial charge in [-0.25, -0.2) is 0 Å². The summed E-state index contributed by atoms with van der Waals surface area (Å²) in [6.07, 6.45) is 0.983. The maximum Gasteiger partial charge on any atom is 0.256 e. The summed E-state index contributed by atoms with van der Waals surface area (Å²) in [5.74, 6) is 0. The van der Waals surface area contributed by atoms with Crippen LogP contribution in [0, 0.1) is 20.2 Å². The van der Waals surface area contributed by atoms with E-state index in [1.165, 1.54) is 0 Å². The quantitative estimate of drug-likeness (QED) is 0.424. The van der Waals surface area contributed by atoms with E-state index in [1.807, 2.05) is 25.7 Å². The Morgan fingerprint density at radius 3 is 2.42 bits per heavy atom. The molecule has 0 aromatic heterocycles. The molecule has 1 fully saturated rings. The third-order valence-corrected chi connectivity index (χ3v) is 5.40. The molecule has 10 heteroatoms. The molecule has 0 bridgehead atoms. The highest BCUT2D eigenvalue weighted by Gasteiger charge is 2.45. The normalized spacial score (nSPS) is 24.7. The van der Waals surface area contributed by atoms with Crippen molar-refractivity contribution in [3.05, 3.63) is 20.2 Å². The van der Waals surface area contributed by atoms with Crippen LogP contribution in [0.3, 0.4) is 0 Å². The third kappa shape index (κ3) is 5.32. The number of aliphatic hydroxyl groups is 1. The number of nitrogens with zero attached hydrogens (tertiary/aromatic N) is 3. The van der Waals surface area contributed by atoms with Crippen LogP contribution in [0.2, 0.25) is 0 Å². The van der Waals surface area contributed by atoms with E-state index in [4.69, 9.17) is 4.74 Å². The standard InChI is InChI=1S/C16H32N4O6/c1-5-15(19(22)23)7-8-26-13-18(11-15)10-14(3,4)17-9-16(6-2,12-21)20(24)25/h17,21H,5-13H2,1-4H3. The van der Waals surface area contributed by atoms with Crippen molar-refractivity contribution in [3.8, 4) is 0 Å². The number of ether oxygens (including phenoxy) is 1. The summed E-state index contributed by atoms with van der Waals surface area (Å²) in [4.78, 5) is 24.1. The highest BCUT2D eigenvalue weighted by Crippen LogP contribution is 2.25. The first-order chi connectivity index (χ1) is 12.1. The summed E-state index contributed by atoms with van der Waals surface area (Å²) < 4.78 is 5.53. The molecule has 1 saturated heterocycles. The van der Waals surface area contributed by atoms with Crippen LogP contribution in [0.1, 0.15) is 47.0 Å². The molecular formula is C16H32N4O6. The van der Waals surface area contributed by atoms with Gasteiger partial charge in [-0.1, -0.05) is 13.8 Å². The lowest BCUT2D eigenvalue weighted by Crippen LogP contribution is -2.59. The summed E-state index contributed by atoms with van der Waals surface area (Å²) in [5, 5.41) is 35.6. The molecule has 10 nitrogen and oxygen atoms in total. The Morgan fingerprint density at radius 1 is 1.31 bits per heavy atom. The van der Waals surface area contributed by atoms with Crippen LogP contribution >= 0.6 is 0 Å². The van der Waals surface area contributed by atoms with Crippen molar-refractivity contribution in [1.82, 2.24) is 10.2 Å². The molecular weight excluding hydrogens is 344 g/mol. The molecule has 2 unspecified atom stereocenters. The Labute approximate surface area is 154 Å². The number of nitro groups is 2. The Hall–Kier alpha value is -1.36. The zero-order chi connectivity index (χ0) is 20.0. The van der Waals surface area contributed by atoms with Gasteiger partial charge in [-0.05, 0) is 13.8 Å². The topological polar surface area (TPSA) is 131 Å². The molecule has 0 spiro atoms. The van der Waals surface area contributed by atoms with Gasteiger partial charge < -0.3 is 15.2 Å². The van der Waals surface area contributed by atoms with Crippen LogP contribution in [0.25, 0.3) is 0 Å². The maximum absolute atomic E-state index is 11.6. The van der Waals surface area contributed by atoms with Crippen molar-refractivity contribution < 1.29 is 19.7 Å². The van der Waals surface area contributed by atoms with E-state index in [1.54, 1.807) is 6.92 Å². The Morgan fingerprint density at radius 2 is 1.96 bits per heavy atom. The first-order valence-electron chi connectivity index (χ1n) is 9.01. The average molecular weight is 376 g/mol. The van der Waals surface area contributed by atoms with Gasteiger partial charge in [0.15, 0.2) is 0 Å². The van der Waals surface area contributed by atoms with Crippen LogP contribution in [-0.2, 0) is 4.74 Å². The molecule has 0 aromatic rings. The summed E-state index contributed by atoms with van der Waals surface area (Å²) in [5.41, 5.74) is -3.01. The van der Waals surface area contributed by atoms with Crippen molar-refractivity contribution in [1.29, 1.82) is 0 Å². The smallest absolute Gasteiger partial charge is 0.256 e. The number of hydrogen-bond donors (Lipinski definition) is 2. The van der Waals surface area contributed by atoms with Crippen LogP contribution in [0.4, 0.5) is 0 Å².